The minimum atomic E-state index is -3.05. The number of halogens is 2. The second-order valence-corrected chi connectivity index (χ2v) is 12.6. The van der Waals surface area contributed by atoms with E-state index in [1.54, 1.807) is 18.2 Å². The fraction of sp³-hybridized carbons (Fsp3) is 0.172. The molecule has 206 valence electrons. The molecule has 0 unspecified atom stereocenters. The molecule has 11 heteroatoms. The number of rotatable bonds is 11. The minimum absolute atomic E-state index is 0.0259. The van der Waals surface area contributed by atoms with Crippen molar-refractivity contribution in [2.45, 2.75) is 13.2 Å². The van der Waals surface area contributed by atoms with Gasteiger partial charge < -0.3 is 19.8 Å². The van der Waals surface area contributed by atoms with E-state index in [9.17, 15) is 8.42 Å². The molecule has 40 heavy (non-hydrogen) atoms. The smallest absolute Gasteiger partial charge is 0.148 e. The average Bonchev–Trinajstić information content (AvgIpc) is 3.39. The Morgan fingerprint density at radius 2 is 1.85 bits per heavy atom. The number of hydrogen-bond donors (Lipinski definition) is 2. The predicted molar refractivity (Wildman–Crippen MR) is 162 cm³/mol. The molecule has 2 aromatic heterocycles. The zero-order valence-corrected chi connectivity index (χ0v) is 24.5. The molecule has 0 atom stereocenters. The van der Waals surface area contributed by atoms with Crippen molar-refractivity contribution in [3.63, 3.8) is 0 Å². The summed E-state index contributed by atoms with van der Waals surface area (Å²) in [4.78, 5) is 8.64. The molecule has 0 aliphatic heterocycles. The summed E-state index contributed by atoms with van der Waals surface area (Å²) in [5, 5.41) is 6.96. The topological polar surface area (TPSA) is 106 Å². The van der Waals surface area contributed by atoms with Crippen LogP contribution in [-0.4, -0.2) is 36.9 Å². The number of sulfone groups is 1. The summed E-state index contributed by atoms with van der Waals surface area (Å²) >= 11 is 2.23. The molecule has 2 N–H and O–H groups in total. The Hall–Kier alpha value is -3.55. The van der Waals surface area contributed by atoms with Crippen molar-refractivity contribution >= 4 is 54.8 Å². The average molecular weight is 673 g/mol. The van der Waals surface area contributed by atoms with Crippen molar-refractivity contribution < 1.29 is 22.0 Å². The van der Waals surface area contributed by atoms with E-state index < -0.39 is 15.7 Å². The van der Waals surface area contributed by atoms with Crippen LogP contribution in [0.25, 0.3) is 22.2 Å². The summed E-state index contributed by atoms with van der Waals surface area (Å²) < 4.78 is 50.4. The summed E-state index contributed by atoms with van der Waals surface area (Å²) in [6.45, 7) is 1.09. The van der Waals surface area contributed by atoms with Crippen LogP contribution in [0.5, 0.6) is 5.75 Å². The number of hydrogen-bond acceptors (Lipinski definition) is 8. The maximum atomic E-state index is 15.1. The predicted octanol–water partition coefficient (Wildman–Crippen LogP) is 6.09. The number of furan rings is 1. The van der Waals surface area contributed by atoms with Crippen LogP contribution in [0.4, 0.5) is 15.9 Å². The Bertz CT molecular complexity index is 1750. The molecule has 5 rings (SSSR count). The van der Waals surface area contributed by atoms with Crippen LogP contribution in [0.2, 0.25) is 0 Å². The lowest BCUT2D eigenvalue weighted by Crippen LogP contribution is -2.21. The van der Waals surface area contributed by atoms with Crippen molar-refractivity contribution in [3.05, 3.63) is 99.8 Å². The number of fused-ring (bicyclic) bond motifs is 1. The van der Waals surface area contributed by atoms with Crippen LogP contribution >= 0.6 is 22.6 Å². The highest BCUT2D eigenvalue weighted by molar-refractivity contribution is 14.1. The van der Waals surface area contributed by atoms with Crippen molar-refractivity contribution in [1.29, 1.82) is 0 Å². The maximum absolute atomic E-state index is 15.1. The van der Waals surface area contributed by atoms with E-state index in [1.807, 2.05) is 48.5 Å². The van der Waals surface area contributed by atoms with Gasteiger partial charge in [-0.25, -0.2) is 22.8 Å². The first-order valence-electron chi connectivity index (χ1n) is 12.4. The minimum Gasteiger partial charge on any atom is -0.488 e. The zero-order chi connectivity index (χ0) is 28.1. The van der Waals surface area contributed by atoms with E-state index >= 15 is 4.39 Å². The molecule has 5 aromatic rings. The first-order valence-corrected chi connectivity index (χ1v) is 15.5. The van der Waals surface area contributed by atoms with Gasteiger partial charge in [0.05, 0.1) is 26.9 Å². The van der Waals surface area contributed by atoms with Gasteiger partial charge in [-0.3, -0.25) is 0 Å². The van der Waals surface area contributed by atoms with Crippen molar-refractivity contribution in [2.75, 3.05) is 23.9 Å². The van der Waals surface area contributed by atoms with Crippen LogP contribution in [0.15, 0.2) is 83.5 Å². The van der Waals surface area contributed by atoms with E-state index in [4.69, 9.17) is 9.15 Å². The lowest BCUT2D eigenvalue weighted by atomic mass is 10.1. The van der Waals surface area contributed by atoms with Gasteiger partial charge in [-0.1, -0.05) is 30.3 Å². The van der Waals surface area contributed by atoms with Gasteiger partial charge in [0.15, 0.2) is 0 Å². The summed E-state index contributed by atoms with van der Waals surface area (Å²) in [6.07, 6.45) is 2.58. The largest absolute Gasteiger partial charge is 0.488 e. The van der Waals surface area contributed by atoms with Crippen LogP contribution in [0.3, 0.4) is 0 Å². The summed E-state index contributed by atoms with van der Waals surface area (Å²) in [5.41, 5.74) is 2.60. The third-order valence-corrected chi connectivity index (χ3v) is 7.82. The van der Waals surface area contributed by atoms with Gasteiger partial charge in [-0.15, -0.1) is 0 Å². The highest BCUT2D eigenvalue weighted by Crippen LogP contribution is 2.33. The first-order chi connectivity index (χ1) is 19.2. The number of ether oxygens (including phenoxy) is 1. The van der Waals surface area contributed by atoms with Gasteiger partial charge in [0.2, 0.25) is 0 Å². The number of aromatic nitrogens is 2. The van der Waals surface area contributed by atoms with Gasteiger partial charge in [0, 0.05) is 29.9 Å². The second kappa shape index (κ2) is 12.3. The highest BCUT2D eigenvalue weighted by atomic mass is 127. The fourth-order valence-corrected chi connectivity index (χ4v) is 5.21. The van der Waals surface area contributed by atoms with E-state index in [1.165, 1.54) is 18.6 Å². The molecule has 0 aliphatic carbocycles. The summed E-state index contributed by atoms with van der Waals surface area (Å²) in [7, 11) is -3.05. The molecule has 0 radical (unpaired) electrons. The molecule has 0 spiro atoms. The number of nitrogens with zero attached hydrogens (tertiary/aromatic N) is 2. The van der Waals surface area contributed by atoms with Crippen molar-refractivity contribution in [1.82, 2.24) is 15.3 Å². The Kier molecular flexibility index (Phi) is 8.62. The summed E-state index contributed by atoms with van der Waals surface area (Å²) in [5.74, 6) is 1.76. The molecule has 2 heterocycles. The van der Waals surface area contributed by atoms with Crippen LogP contribution in [-0.2, 0) is 23.0 Å². The third kappa shape index (κ3) is 7.14. The standard InChI is InChI=1S/C29H26FIN4O4S/c1-40(36,37)12-11-32-16-21-8-10-27(39-21)22-14-23-26(15-24(22)30)33-18-34-29(23)35-20-7-9-28(25(31)13-20)38-17-19-5-3-2-4-6-19/h2-10,13-15,18,32H,11-12,16-17H2,1H3,(H,33,34,35). The first kappa shape index (κ1) is 28.0. The van der Waals surface area contributed by atoms with Gasteiger partial charge in [-0.05, 0) is 64.6 Å². The van der Waals surface area contributed by atoms with E-state index in [-0.39, 0.29) is 11.3 Å². The van der Waals surface area contributed by atoms with Crippen molar-refractivity contribution in [2.24, 2.45) is 0 Å². The monoisotopic (exact) mass is 672 g/mol. The van der Waals surface area contributed by atoms with Gasteiger partial charge in [-0.2, -0.15) is 0 Å². The van der Waals surface area contributed by atoms with Crippen LogP contribution in [0, 0.1) is 9.39 Å². The van der Waals surface area contributed by atoms with E-state index in [0.717, 1.165) is 20.6 Å². The molecule has 0 saturated carbocycles. The van der Waals surface area contributed by atoms with Crippen LogP contribution < -0.4 is 15.4 Å². The molecule has 0 amide bonds. The summed E-state index contributed by atoms with van der Waals surface area (Å²) in [6, 6.07) is 22.1. The number of anilines is 2. The Labute approximate surface area is 245 Å². The third-order valence-electron chi connectivity index (χ3n) is 6.03. The van der Waals surface area contributed by atoms with Gasteiger partial charge >= 0.3 is 0 Å². The molecule has 0 aliphatic rings. The Balaban J connectivity index is 1.33. The Morgan fingerprint density at radius 1 is 1.02 bits per heavy atom. The van der Waals surface area contributed by atoms with Crippen LogP contribution in [0.1, 0.15) is 11.3 Å². The normalized spacial score (nSPS) is 11.6. The molecule has 0 saturated heterocycles. The molecular weight excluding hydrogens is 646 g/mol. The van der Waals surface area contributed by atoms with Gasteiger partial charge in [0.1, 0.15) is 51.7 Å². The van der Waals surface area contributed by atoms with Crippen molar-refractivity contribution in [3.8, 4) is 17.1 Å². The fourth-order valence-electron chi connectivity index (χ4n) is 4.02. The molecule has 8 nitrogen and oxygen atoms in total. The molecule has 0 fully saturated rings. The van der Waals surface area contributed by atoms with E-state index in [0.29, 0.717) is 47.9 Å². The lowest BCUT2D eigenvalue weighted by Gasteiger charge is -2.12. The quantitative estimate of drug-likeness (QED) is 0.128. The molecule has 0 bridgehead atoms. The van der Waals surface area contributed by atoms with Gasteiger partial charge in [0.25, 0.3) is 0 Å². The highest BCUT2D eigenvalue weighted by Gasteiger charge is 2.15. The SMILES string of the molecule is CS(=O)(=O)CCNCc1ccc(-c2cc3c(Nc4ccc(OCc5ccccc5)c(I)c4)ncnc3cc2F)o1. The number of nitrogens with one attached hydrogen (secondary N) is 2. The Morgan fingerprint density at radius 3 is 2.62 bits per heavy atom. The molecular formula is C29H26FIN4O4S. The maximum Gasteiger partial charge on any atom is 0.148 e. The lowest BCUT2D eigenvalue weighted by molar-refractivity contribution is 0.304. The number of benzene rings is 3. The van der Waals surface area contributed by atoms with E-state index in [2.05, 4.69) is 43.2 Å². The molecule has 3 aromatic carbocycles. The zero-order valence-electron chi connectivity index (χ0n) is 21.5. The second-order valence-electron chi connectivity index (χ2n) is 9.19.